The molecule has 0 amide bonds. The van der Waals surface area contributed by atoms with E-state index >= 15 is 0 Å². The molecule has 0 atom stereocenters. The molecule has 2 heterocycles. The SMILES string of the molecule is OCc1csc(-c2cc(F)c3nonc3c2)n1. The van der Waals surface area contributed by atoms with Gasteiger partial charge in [-0.15, -0.1) is 11.3 Å². The van der Waals surface area contributed by atoms with E-state index in [1.165, 1.54) is 17.4 Å². The van der Waals surface area contributed by atoms with Gasteiger partial charge in [0.05, 0.1) is 12.3 Å². The highest BCUT2D eigenvalue weighted by Gasteiger charge is 2.12. The van der Waals surface area contributed by atoms with Gasteiger partial charge in [-0.25, -0.2) is 14.0 Å². The van der Waals surface area contributed by atoms with E-state index in [-0.39, 0.29) is 12.1 Å². The summed E-state index contributed by atoms with van der Waals surface area (Å²) in [4.78, 5) is 4.15. The van der Waals surface area contributed by atoms with Crippen LogP contribution < -0.4 is 0 Å². The highest BCUT2D eigenvalue weighted by Crippen LogP contribution is 2.27. The number of hydrogen-bond donors (Lipinski definition) is 1. The van der Waals surface area contributed by atoms with Crippen LogP contribution in [-0.4, -0.2) is 20.4 Å². The van der Waals surface area contributed by atoms with Crippen molar-refractivity contribution in [2.24, 2.45) is 0 Å². The Morgan fingerprint density at radius 3 is 3.00 bits per heavy atom. The lowest BCUT2D eigenvalue weighted by molar-refractivity contribution is 0.278. The van der Waals surface area contributed by atoms with Gasteiger partial charge in [-0.1, -0.05) is 0 Å². The van der Waals surface area contributed by atoms with E-state index in [4.69, 9.17) is 5.11 Å². The van der Waals surface area contributed by atoms with Crippen LogP contribution in [0, 0.1) is 5.82 Å². The summed E-state index contributed by atoms with van der Waals surface area (Å²) >= 11 is 1.33. The number of aromatic nitrogens is 3. The van der Waals surface area contributed by atoms with Gasteiger partial charge in [-0.05, 0) is 22.4 Å². The molecular weight excluding hydrogens is 245 g/mol. The average Bonchev–Trinajstić information content (AvgIpc) is 2.97. The second-order valence-electron chi connectivity index (χ2n) is 3.39. The van der Waals surface area contributed by atoms with Gasteiger partial charge in [0.15, 0.2) is 11.3 Å². The molecule has 0 radical (unpaired) electrons. The van der Waals surface area contributed by atoms with Crippen molar-refractivity contribution in [2.75, 3.05) is 0 Å². The summed E-state index contributed by atoms with van der Waals surface area (Å²) < 4.78 is 18.1. The number of aliphatic hydroxyl groups excluding tert-OH is 1. The third kappa shape index (κ3) is 1.69. The van der Waals surface area contributed by atoms with Crippen molar-refractivity contribution in [2.45, 2.75) is 6.61 Å². The lowest BCUT2D eigenvalue weighted by Crippen LogP contribution is -1.85. The topological polar surface area (TPSA) is 72.0 Å². The van der Waals surface area contributed by atoms with Gasteiger partial charge >= 0.3 is 0 Å². The fourth-order valence-electron chi connectivity index (χ4n) is 1.49. The van der Waals surface area contributed by atoms with Gasteiger partial charge in [-0.2, -0.15) is 0 Å². The molecule has 17 heavy (non-hydrogen) atoms. The van der Waals surface area contributed by atoms with Crippen LogP contribution in [0.3, 0.4) is 0 Å². The van der Waals surface area contributed by atoms with Crippen molar-refractivity contribution in [3.63, 3.8) is 0 Å². The van der Waals surface area contributed by atoms with E-state index in [0.29, 0.717) is 21.8 Å². The minimum Gasteiger partial charge on any atom is -0.390 e. The first kappa shape index (κ1) is 10.3. The predicted octanol–water partition coefficient (Wildman–Crippen LogP) is 1.98. The second-order valence-corrected chi connectivity index (χ2v) is 4.25. The quantitative estimate of drug-likeness (QED) is 0.754. The molecule has 86 valence electrons. The monoisotopic (exact) mass is 251 g/mol. The summed E-state index contributed by atoms with van der Waals surface area (Å²) in [7, 11) is 0. The maximum Gasteiger partial charge on any atom is 0.170 e. The summed E-state index contributed by atoms with van der Waals surface area (Å²) in [5.74, 6) is -0.500. The molecule has 1 N–H and O–H groups in total. The number of thiazole rings is 1. The van der Waals surface area contributed by atoms with Crippen molar-refractivity contribution in [3.05, 3.63) is 29.0 Å². The van der Waals surface area contributed by atoms with E-state index < -0.39 is 5.82 Å². The third-order valence-electron chi connectivity index (χ3n) is 2.28. The molecule has 0 aliphatic carbocycles. The second kappa shape index (κ2) is 3.86. The first-order valence-corrected chi connectivity index (χ1v) is 5.63. The number of halogens is 1. The standard InChI is InChI=1S/C10H6FN3O2S/c11-7-1-5(2-8-9(7)14-16-13-8)10-12-6(3-15)4-17-10/h1-2,4,15H,3H2. The van der Waals surface area contributed by atoms with Crippen LogP contribution in [0.1, 0.15) is 5.69 Å². The Morgan fingerprint density at radius 2 is 2.24 bits per heavy atom. The molecule has 0 aliphatic rings. The first-order valence-electron chi connectivity index (χ1n) is 4.75. The third-order valence-corrected chi connectivity index (χ3v) is 3.22. The molecule has 5 nitrogen and oxygen atoms in total. The Bertz CT molecular complexity index is 679. The molecule has 7 heteroatoms. The van der Waals surface area contributed by atoms with Crippen molar-refractivity contribution in [1.82, 2.24) is 15.3 Å². The van der Waals surface area contributed by atoms with Crippen molar-refractivity contribution in [3.8, 4) is 10.6 Å². The maximum absolute atomic E-state index is 13.6. The van der Waals surface area contributed by atoms with Crippen LogP contribution in [-0.2, 0) is 6.61 Å². The van der Waals surface area contributed by atoms with Crippen LogP contribution in [0.25, 0.3) is 21.6 Å². The van der Waals surface area contributed by atoms with Gasteiger partial charge in [0.1, 0.15) is 10.5 Å². The van der Waals surface area contributed by atoms with E-state index in [9.17, 15) is 4.39 Å². The highest BCUT2D eigenvalue weighted by molar-refractivity contribution is 7.13. The number of hydrogen-bond acceptors (Lipinski definition) is 6. The van der Waals surface area contributed by atoms with E-state index in [0.717, 1.165) is 0 Å². The van der Waals surface area contributed by atoms with E-state index in [1.54, 1.807) is 11.4 Å². The summed E-state index contributed by atoms with van der Waals surface area (Å²) in [5, 5.41) is 18.3. The highest BCUT2D eigenvalue weighted by atomic mass is 32.1. The summed E-state index contributed by atoms with van der Waals surface area (Å²) in [5.41, 5.74) is 1.60. The van der Waals surface area contributed by atoms with Gasteiger partial charge < -0.3 is 5.11 Å². The van der Waals surface area contributed by atoms with Crippen molar-refractivity contribution >= 4 is 22.4 Å². The number of nitrogens with zero attached hydrogens (tertiary/aromatic N) is 3. The zero-order valence-corrected chi connectivity index (χ0v) is 9.24. The Morgan fingerprint density at radius 1 is 1.35 bits per heavy atom. The minimum absolute atomic E-state index is 0.104. The molecule has 0 bridgehead atoms. The van der Waals surface area contributed by atoms with Gasteiger partial charge in [0.25, 0.3) is 0 Å². The molecule has 0 unspecified atom stereocenters. The Hall–Kier alpha value is -1.86. The molecule has 2 aromatic heterocycles. The smallest absolute Gasteiger partial charge is 0.170 e. The predicted molar refractivity (Wildman–Crippen MR) is 58.8 cm³/mol. The van der Waals surface area contributed by atoms with Crippen LogP contribution >= 0.6 is 11.3 Å². The van der Waals surface area contributed by atoms with Gasteiger partial charge in [0.2, 0.25) is 0 Å². The lowest BCUT2D eigenvalue weighted by atomic mass is 10.2. The molecule has 0 saturated carbocycles. The summed E-state index contributed by atoms with van der Waals surface area (Å²) in [6.45, 7) is -0.132. The number of fused-ring (bicyclic) bond motifs is 1. The van der Waals surface area contributed by atoms with Crippen LogP contribution in [0.2, 0.25) is 0 Å². The van der Waals surface area contributed by atoms with E-state index in [2.05, 4.69) is 19.9 Å². The van der Waals surface area contributed by atoms with Crippen molar-refractivity contribution < 1.29 is 14.1 Å². The Kier molecular flexibility index (Phi) is 2.34. The molecule has 0 aliphatic heterocycles. The Balaban J connectivity index is 2.16. The zero-order chi connectivity index (χ0) is 11.8. The fourth-order valence-corrected chi connectivity index (χ4v) is 2.28. The summed E-state index contributed by atoms with van der Waals surface area (Å²) in [6, 6.07) is 2.97. The van der Waals surface area contributed by atoms with Crippen LogP contribution in [0.15, 0.2) is 22.1 Å². The molecule has 0 saturated heterocycles. The number of aliphatic hydroxyl groups is 1. The van der Waals surface area contributed by atoms with Crippen molar-refractivity contribution in [1.29, 1.82) is 0 Å². The average molecular weight is 251 g/mol. The molecule has 3 aromatic rings. The normalized spacial score (nSPS) is 11.2. The molecule has 1 aromatic carbocycles. The fraction of sp³-hybridized carbons (Fsp3) is 0.100. The summed E-state index contributed by atoms with van der Waals surface area (Å²) in [6.07, 6.45) is 0. The largest absolute Gasteiger partial charge is 0.390 e. The van der Waals surface area contributed by atoms with Gasteiger partial charge in [0, 0.05) is 10.9 Å². The first-order chi connectivity index (χ1) is 8.28. The number of rotatable bonds is 2. The molecule has 3 rings (SSSR count). The molecule has 0 spiro atoms. The minimum atomic E-state index is -0.500. The van der Waals surface area contributed by atoms with Gasteiger partial charge in [-0.3, -0.25) is 0 Å². The van der Waals surface area contributed by atoms with E-state index in [1.807, 2.05) is 0 Å². The molecular formula is C10H6FN3O2S. The van der Waals surface area contributed by atoms with Crippen LogP contribution in [0.4, 0.5) is 4.39 Å². The number of benzene rings is 1. The maximum atomic E-state index is 13.6. The lowest BCUT2D eigenvalue weighted by Gasteiger charge is -1.96. The zero-order valence-electron chi connectivity index (χ0n) is 8.42. The molecule has 0 fully saturated rings. The van der Waals surface area contributed by atoms with Crippen LogP contribution in [0.5, 0.6) is 0 Å². The Labute approximate surface area is 98.5 Å².